The van der Waals surface area contributed by atoms with Gasteiger partial charge >= 0.3 is 0 Å². The number of benzene rings is 1. The highest BCUT2D eigenvalue weighted by Gasteiger charge is 2.38. The summed E-state index contributed by atoms with van der Waals surface area (Å²) in [7, 11) is -1.78. The van der Waals surface area contributed by atoms with Gasteiger partial charge in [0, 0.05) is 13.0 Å². The van der Waals surface area contributed by atoms with E-state index in [0.717, 1.165) is 17.4 Å². The van der Waals surface area contributed by atoms with Crippen molar-refractivity contribution in [1.82, 2.24) is 0 Å². The van der Waals surface area contributed by atoms with Crippen LogP contribution in [0.15, 0.2) is 30.8 Å². The zero-order valence-electron chi connectivity index (χ0n) is 16.5. The maximum absolute atomic E-state index is 11.3. The van der Waals surface area contributed by atoms with Gasteiger partial charge in [-0.3, -0.25) is 0 Å². The van der Waals surface area contributed by atoms with Gasteiger partial charge < -0.3 is 9.22 Å². The van der Waals surface area contributed by atoms with Crippen LogP contribution < -0.4 is 0 Å². The molecular weight excluding hydrogens is 312 g/mol. The largest absolute Gasteiger partial charge is 0.417 e. The Morgan fingerprint density at radius 3 is 2.38 bits per heavy atom. The molecule has 1 aromatic rings. The zero-order chi connectivity index (χ0) is 18.5. The molecule has 0 saturated heterocycles. The Morgan fingerprint density at radius 1 is 1.29 bits per heavy atom. The van der Waals surface area contributed by atoms with Gasteiger partial charge in [-0.05, 0) is 48.0 Å². The summed E-state index contributed by atoms with van der Waals surface area (Å²) in [6.45, 7) is 20.3. The van der Waals surface area contributed by atoms with E-state index in [4.69, 9.17) is 4.43 Å². The standard InChI is InChI=1S/C21H34O2Si/c1-16(2)18-11-9-10-12-20(18)19(13-14-22)17(3)15-23-24(7,8)21(4,5)6/h9-12,14,17,19H,1,13,15H2,2-8H3/t17-,19-/m1/s1. The summed E-state index contributed by atoms with van der Waals surface area (Å²) in [5.74, 6) is 0.449. The third-order valence-corrected chi connectivity index (χ3v) is 9.87. The topological polar surface area (TPSA) is 26.3 Å². The van der Waals surface area contributed by atoms with Crippen molar-refractivity contribution in [3.05, 3.63) is 42.0 Å². The minimum absolute atomic E-state index is 0.167. The molecule has 3 heteroatoms. The molecule has 0 aliphatic heterocycles. The average Bonchev–Trinajstić information content (AvgIpc) is 2.49. The molecule has 0 N–H and O–H groups in total. The van der Waals surface area contributed by atoms with Gasteiger partial charge in [-0.25, -0.2) is 0 Å². The molecule has 0 aromatic heterocycles. The van der Waals surface area contributed by atoms with Crippen molar-refractivity contribution in [2.45, 2.75) is 65.1 Å². The minimum atomic E-state index is -1.78. The molecule has 0 aliphatic rings. The van der Waals surface area contributed by atoms with Crippen LogP contribution in [-0.4, -0.2) is 21.2 Å². The minimum Gasteiger partial charge on any atom is -0.417 e. The number of aldehydes is 1. The Balaban J connectivity index is 3.01. The van der Waals surface area contributed by atoms with Gasteiger partial charge in [-0.15, -0.1) is 0 Å². The number of carbonyl (C=O) groups excluding carboxylic acids is 1. The van der Waals surface area contributed by atoms with Crippen molar-refractivity contribution in [3.8, 4) is 0 Å². The van der Waals surface area contributed by atoms with Gasteiger partial charge in [0.05, 0.1) is 0 Å². The quantitative estimate of drug-likeness (QED) is 0.423. The summed E-state index contributed by atoms with van der Waals surface area (Å²) in [4.78, 5) is 11.3. The highest BCUT2D eigenvalue weighted by Crippen LogP contribution is 2.38. The van der Waals surface area contributed by atoms with E-state index < -0.39 is 8.32 Å². The molecule has 0 spiro atoms. The maximum atomic E-state index is 11.3. The molecule has 1 rings (SSSR count). The first-order chi connectivity index (χ1) is 11.0. The van der Waals surface area contributed by atoms with Crippen LogP contribution in [0.2, 0.25) is 18.1 Å². The van der Waals surface area contributed by atoms with E-state index in [1.54, 1.807) is 0 Å². The van der Waals surface area contributed by atoms with Crippen LogP contribution in [0.1, 0.15) is 58.1 Å². The highest BCUT2D eigenvalue weighted by molar-refractivity contribution is 6.74. The Labute approximate surface area is 149 Å². The van der Waals surface area contributed by atoms with Crippen LogP contribution in [0.25, 0.3) is 5.57 Å². The summed E-state index contributed by atoms with van der Waals surface area (Å²) in [5.41, 5.74) is 3.41. The van der Waals surface area contributed by atoms with Gasteiger partial charge in [0.15, 0.2) is 8.32 Å². The fourth-order valence-electron chi connectivity index (χ4n) is 2.65. The molecule has 2 atom stereocenters. The number of allylic oxidation sites excluding steroid dienone is 1. The monoisotopic (exact) mass is 346 g/mol. The Kier molecular flexibility index (Phi) is 7.18. The fourth-order valence-corrected chi connectivity index (χ4v) is 3.76. The van der Waals surface area contributed by atoms with E-state index in [9.17, 15) is 4.79 Å². The molecule has 0 bridgehead atoms. The number of rotatable bonds is 8. The third-order valence-electron chi connectivity index (χ3n) is 5.37. The number of hydrogen-bond donors (Lipinski definition) is 0. The Morgan fingerprint density at radius 2 is 1.88 bits per heavy atom. The van der Waals surface area contributed by atoms with Crippen molar-refractivity contribution in [2.75, 3.05) is 6.61 Å². The summed E-state index contributed by atoms with van der Waals surface area (Å²) in [5, 5.41) is 0.197. The van der Waals surface area contributed by atoms with Crippen LogP contribution >= 0.6 is 0 Å². The van der Waals surface area contributed by atoms with Gasteiger partial charge in [0.2, 0.25) is 0 Å². The van der Waals surface area contributed by atoms with Crippen LogP contribution in [0.5, 0.6) is 0 Å². The SMILES string of the molecule is C=C(C)c1ccccc1[C@H](CC=O)[C@H](C)CO[Si](C)(C)C(C)(C)C. The molecule has 24 heavy (non-hydrogen) atoms. The van der Waals surface area contributed by atoms with Gasteiger partial charge in [0.25, 0.3) is 0 Å². The van der Waals surface area contributed by atoms with Crippen LogP contribution in [0, 0.1) is 5.92 Å². The molecule has 0 amide bonds. The molecule has 0 unspecified atom stereocenters. The Bertz CT molecular complexity index is 569. The molecule has 0 fully saturated rings. The summed E-state index contributed by atoms with van der Waals surface area (Å²) in [6, 6.07) is 8.29. The van der Waals surface area contributed by atoms with Gasteiger partial charge in [-0.2, -0.15) is 0 Å². The first-order valence-electron chi connectivity index (χ1n) is 8.83. The van der Waals surface area contributed by atoms with Crippen molar-refractivity contribution in [1.29, 1.82) is 0 Å². The molecule has 134 valence electrons. The van der Waals surface area contributed by atoms with Gasteiger partial charge in [-0.1, -0.05) is 64.1 Å². The normalized spacial score (nSPS) is 15.0. The second kappa shape index (κ2) is 8.26. The first kappa shape index (κ1) is 20.9. The Hall–Kier alpha value is -1.19. The van der Waals surface area contributed by atoms with E-state index in [2.05, 4.69) is 59.5 Å². The molecule has 0 radical (unpaired) electrons. The van der Waals surface area contributed by atoms with Crippen molar-refractivity contribution in [3.63, 3.8) is 0 Å². The lowest BCUT2D eigenvalue weighted by Crippen LogP contribution is -2.42. The van der Waals surface area contributed by atoms with E-state index in [1.807, 2.05) is 19.1 Å². The van der Waals surface area contributed by atoms with E-state index in [-0.39, 0.29) is 16.9 Å². The van der Waals surface area contributed by atoms with Crippen molar-refractivity contribution >= 4 is 20.2 Å². The summed E-state index contributed by atoms with van der Waals surface area (Å²) < 4.78 is 6.41. The predicted molar refractivity (Wildman–Crippen MR) is 107 cm³/mol. The lowest BCUT2D eigenvalue weighted by molar-refractivity contribution is -0.108. The molecule has 0 aliphatic carbocycles. The second-order valence-electron chi connectivity index (χ2n) is 8.43. The highest BCUT2D eigenvalue weighted by atomic mass is 28.4. The van der Waals surface area contributed by atoms with Gasteiger partial charge in [0.1, 0.15) is 6.29 Å². The lowest BCUT2D eigenvalue weighted by Gasteiger charge is -2.38. The van der Waals surface area contributed by atoms with Crippen LogP contribution in [-0.2, 0) is 9.22 Å². The molecular formula is C21H34O2Si. The predicted octanol–water partition coefficient (Wildman–Crippen LogP) is 6.05. The summed E-state index contributed by atoms with van der Waals surface area (Å²) in [6.07, 6.45) is 1.55. The average molecular weight is 347 g/mol. The lowest BCUT2D eigenvalue weighted by atomic mass is 9.82. The molecule has 0 heterocycles. The van der Waals surface area contributed by atoms with Crippen LogP contribution in [0.3, 0.4) is 0 Å². The van der Waals surface area contributed by atoms with Crippen molar-refractivity contribution in [2.24, 2.45) is 5.92 Å². The van der Waals surface area contributed by atoms with Crippen LogP contribution in [0.4, 0.5) is 0 Å². The smallest absolute Gasteiger partial charge is 0.191 e. The van der Waals surface area contributed by atoms with E-state index in [1.165, 1.54) is 5.56 Å². The molecule has 2 nitrogen and oxygen atoms in total. The molecule has 0 saturated carbocycles. The molecule has 1 aromatic carbocycles. The van der Waals surface area contributed by atoms with E-state index in [0.29, 0.717) is 13.0 Å². The summed E-state index contributed by atoms with van der Waals surface area (Å²) >= 11 is 0. The zero-order valence-corrected chi connectivity index (χ0v) is 17.5. The maximum Gasteiger partial charge on any atom is 0.191 e. The van der Waals surface area contributed by atoms with E-state index >= 15 is 0 Å². The van der Waals surface area contributed by atoms with Crippen molar-refractivity contribution < 1.29 is 9.22 Å². The second-order valence-corrected chi connectivity index (χ2v) is 13.2. The number of carbonyl (C=O) groups is 1. The fraction of sp³-hybridized carbons (Fsp3) is 0.571. The first-order valence-corrected chi connectivity index (χ1v) is 11.7. The number of hydrogen-bond acceptors (Lipinski definition) is 2. The third kappa shape index (κ3) is 5.15.